The maximum Gasteiger partial charge on any atom is 0.264 e. The Bertz CT molecular complexity index is 2270. The lowest BCUT2D eigenvalue weighted by atomic mass is 9.91. The van der Waals surface area contributed by atoms with Gasteiger partial charge >= 0.3 is 0 Å². The molecule has 0 aliphatic heterocycles. The third-order valence-corrected chi connectivity index (χ3v) is 8.09. The van der Waals surface area contributed by atoms with Gasteiger partial charge in [-0.1, -0.05) is 103 Å². The normalized spacial score (nSPS) is 11.7. The standard InChI is InChI=1S/C37H24N2O/c1-23-17-18-29-35-28(20-19-27(34(23)35)24-11-5-2-6-12-24)36-38-32-21-30(25-13-7-3-8-14-25)31(26-15-9-4-10-16-26)22-33(32)39(36)37(29)40/h2-22H,1H3. The number of fused-ring (bicyclic) bond motifs is 4. The van der Waals surface area contributed by atoms with Gasteiger partial charge < -0.3 is 0 Å². The molecule has 0 fully saturated rings. The van der Waals surface area contributed by atoms with Gasteiger partial charge in [-0.2, -0.15) is 0 Å². The highest BCUT2D eigenvalue weighted by atomic mass is 16.1. The molecule has 0 N–H and O–H groups in total. The van der Waals surface area contributed by atoms with Gasteiger partial charge in [-0.15, -0.1) is 0 Å². The van der Waals surface area contributed by atoms with Crippen LogP contribution in [-0.4, -0.2) is 9.38 Å². The molecular formula is C37H24N2O. The Balaban J connectivity index is 1.52. The largest absolute Gasteiger partial charge is 0.268 e. The smallest absolute Gasteiger partial charge is 0.264 e. The molecule has 0 spiro atoms. The van der Waals surface area contributed by atoms with Crippen LogP contribution in [0.3, 0.4) is 0 Å². The van der Waals surface area contributed by atoms with Crippen molar-refractivity contribution in [1.82, 2.24) is 9.38 Å². The number of aromatic nitrogens is 2. The van der Waals surface area contributed by atoms with Crippen molar-refractivity contribution in [3.05, 3.63) is 143 Å². The molecule has 0 bridgehead atoms. The van der Waals surface area contributed by atoms with E-state index >= 15 is 0 Å². The highest BCUT2D eigenvalue weighted by Crippen LogP contribution is 2.40. The van der Waals surface area contributed by atoms with E-state index in [2.05, 4.69) is 110 Å². The van der Waals surface area contributed by atoms with Gasteiger partial charge in [0.15, 0.2) is 0 Å². The second-order valence-corrected chi connectivity index (χ2v) is 10.4. The molecular weight excluding hydrogens is 488 g/mol. The first-order valence-electron chi connectivity index (χ1n) is 13.5. The van der Waals surface area contributed by atoms with Gasteiger partial charge in [0.2, 0.25) is 0 Å². The first kappa shape index (κ1) is 22.7. The number of benzene rings is 6. The molecule has 2 heterocycles. The number of aryl methyl sites for hydroxylation is 1. The second kappa shape index (κ2) is 8.62. The van der Waals surface area contributed by atoms with Crippen LogP contribution in [0.1, 0.15) is 5.56 Å². The Morgan fingerprint density at radius 2 is 1.10 bits per heavy atom. The van der Waals surface area contributed by atoms with Gasteiger partial charge in [0.1, 0.15) is 5.65 Å². The van der Waals surface area contributed by atoms with Crippen molar-refractivity contribution in [2.24, 2.45) is 0 Å². The van der Waals surface area contributed by atoms with Crippen LogP contribution >= 0.6 is 0 Å². The average Bonchev–Trinajstić information content (AvgIpc) is 3.40. The fourth-order valence-corrected chi connectivity index (χ4v) is 6.23. The number of pyridine rings is 1. The summed E-state index contributed by atoms with van der Waals surface area (Å²) in [6.07, 6.45) is 0. The first-order valence-corrected chi connectivity index (χ1v) is 13.5. The summed E-state index contributed by atoms with van der Waals surface area (Å²) in [6.45, 7) is 2.12. The quantitative estimate of drug-likeness (QED) is 0.237. The monoisotopic (exact) mass is 512 g/mol. The van der Waals surface area contributed by atoms with Crippen LogP contribution in [0.5, 0.6) is 0 Å². The summed E-state index contributed by atoms with van der Waals surface area (Å²) in [5.41, 5.74) is 10.1. The lowest BCUT2D eigenvalue weighted by Gasteiger charge is -2.14. The summed E-state index contributed by atoms with van der Waals surface area (Å²) in [7, 11) is 0. The van der Waals surface area contributed by atoms with E-state index in [1.54, 1.807) is 0 Å². The molecule has 0 aliphatic rings. The molecule has 0 amide bonds. The van der Waals surface area contributed by atoms with Crippen molar-refractivity contribution >= 4 is 38.2 Å². The van der Waals surface area contributed by atoms with E-state index in [4.69, 9.17) is 4.98 Å². The number of rotatable bonds is 3. The van der Waals surface area contributed by atoms with Crippen LogP contribution in [0.4, 0.5) is 0 Å². The lowest BCUT2D eigenvalue weighted by molar-refractivity contribution is 1.19. The number of hydrogen-bond donors (Lipinski definition) is 0. The van der Waals surface area contributed by atoms with E-state index in [0.29, 0.717) is 11.0 Å². The van der Waals surface area contributed by atoms with Crippen LogP contribution in [-0.2, 0) is 0 Å². The maximum atomic E-state index is 14.3. The van der Waals surface area contributed by atoms with Crippen LogP contribution in [0.25, 0.3) is 71.6 Å². The van der Waals surface area contributed by atoms with Crippen molar-refractivity contribution in [3.8, 4) is 33.4 Å². The zero-order valence-corrected chi connectivity index (χ0v) is 21.9. The summed E-state index contributed by atoms with van der Waals surface area (Å²) in [6, 6.07) is 43.8. The third-order valence-electron chi connectivity index (χ3n) is 8.09. The van der Waals surface area contributed by atoms with Crippen LogP contribution in [0.2, 0.25) is 0 Å². The Labute approximate surface area is 231 Å². The zero-order chi connectivity index (χ0) is 26.8. The minimum Gasteiger partial charge on any atom is -0.268 e. The lowest BCUT2D eigenvalue weighted by Crippen LogP contribution is -2.13. The van der Waals surface area contributed by atoms with Gasteiger partial charge in [-0.05, 0) is 75.5 Å². The molecule has 0 aliphatic carbocycles. The molecule has 0 unspecified atom stereocenters. The molecule has 0 radical (unpaired) electrons. The summed E-state index contributed by atoms with van der Waals surface area (Å²) in [4.78, 5) is 19.4. The molecule has 3 heteroatoms. The van der Waals surface area contributed by atoms with E-state index < -0.39 is 0 Å². The minimum absolute atomic E-state index is 0.0355. The summed E-state index contributed by atoms with van der Waals surface area (Å²) < 4.78 is 1.81. The van der Waals surface area contributed by atoms with Crippen molar-refractivity contribution in [2.45, 2.75) is 6.92 Å². The van der Waals surface area contributed by atoms with Crippen LogP contribution in [0, 0.1) is 6.92 Å². The summed E-state index contributed by atoms with van der Waals surface area (Å²) in [5.74, 6) is 0. The van der Waals surface area contributed by atoms with E-state index in [1.807, 2.05) is 28.7 Å². The van der Waals surface area contributed by atoms with Crippen molar-refractivity contribution < 1.29 is 0 Å². The molecule has 0 saturated heterocycles. The van der Waals surface area contributed by atoms with Crippen LogP contribution in [0.15, 0.2) is 132 Å². The Hall–Kier alpha value is -5.28. The van der Waals surface area contributed by atoms with E-state index in [9.17, 15) is 4.79 Å². The molecule has 40 heavy (non-hydrogen) atoms. The fraction of sp³-hybridized carbons (Fsp3) is 0.0270. The third kappa shape index (κ3) is 3.25. The fourth-order valence-electron chi connectivity index (χ4n) is 6.23. The molecule has 6 aromatic carbocycles. The van der Waals surface area contributed by atoms with Gasteiger partial charge in [0, 0.05) is 16.2 Å². The Kier molecular flexibility index (Phi) is 4.89. The molecule has 8 rings (SSSR count). The zero-order valence-electron chi connectivity index (χ0n) is 21.9. The predicted molar refractivity (Wildman–Crippen MR) is 166 cm³/mol. The SMILES string of the molecule is Cc1ccc2c(=O)n3c4cc(-c5ccccc5)c(-c5ccccc5)cc4nc3c3ccc(-c4ccccc4)c1c23. The summed E-state index contributed by atoms with van der Waals surface area (Å²) in [5, 5.41) is 3.81. The predicted octanol–water partition coefficient (Wildman–Crippen LogP) is 8.90. The Morgan fingerprint density at radius 3 is 1.73 bits per heavy atom. The molecule has 3 nitrogen and oxygen atoms in total. The van der Waals surface area contributed by atoms with E-state index in [-0.39, 0.29) is 5.56 Å². The number of imidazole rings is 1. The number of hydrogen-bond acceptors (Lipinski definition) is 2. The van der Waals surface area contributed by atoms with Gasteiger partial charge in [0.25, 0.3) is 5.56 Å². The number of nitrogens with zero attached hydrogens (tertiary/aromatic N) is 2. The van der Waals surface area contributed by atoms with Crippen molar-refractivity contribution in [1.29, 1.82) is 0 Å². The van der Waals surface area contributed by atoms with Crippen molar-refractivity contribution in [3.63, 3.8) is 0 Å². The molecule has 0 atom stereocenters. The highest BCUT2D eigenvalue weighted by molar-refractivity contribution is 6.20. The second-order valence-electron chi connectivity index (χ2n) is 10.4. The van der Waals surface area contributed by atoms with Crippen LogP contribution < -0.4 is 5.56 Å². The molecule has 0 saturated carbocycles. The first-order chi connectivity index (χ1) is 19.7. The van der Waals surface area contributed by atoms with Gasteiger partial charge in [-0.3, -0.25) is 9.20 Å². The van der Waals surface area contributed by atoms with E-state index in [1.165, 1.54) is 0 Å². The van der Waals surface area contributed by atoms with Crippen molar-refractivity contribution in [2.75, 3.05) is 0 Å². The van der Waals surface area contributed by atoms with Gasteiger partial charge in [-0.25, -0.2) is 4.98 Å². The average molecular weight is 513 g/mol. The summed E-state index contributed by atoms with van der Waals surface area (Å²) >= 11 is 0. The Morgan fingerprint density at radius 1 is 0.550 bits per heavy atom. The molecule has 8 aromatic rings. The maximum absolute atomic E-state index is 14.3. The minimum atomic E-state index is -0.0355. The topological polar surface area (TPSA) is 34.4 Å². The molecule has 2 aromatic heterocycles. The highest BCUT2D eigenvalue weighted by Gasteiger charge is 2.21. The van der Waals surface area contributed by atoms with E-state index in [0.717, 1.165) is 66.1 Å². The van der Waals surface area contributed by atoms with Gasteiger partial charge in [0.05, 0.1) is 11.0 Å². The molecule has 188 valence electrons.